The Labute approximate surface area is 236 Å². The van der Waals surface area contributed by atoms with Crippen molar-refractivity contribution in [1.29, 1.82) is 0 Å². The molecule has 1 saturated carbocycles. The quantitative estimate of drug-likeness (QED) is 0.261. The standard InChI is InChI=1S/C29H34N4O8/c1-32(2)18-10-14(11-31-12-15-6-5-7-41-15)23(34)20-16(18)8-13-9-17-22(33(3)4)25(36)21(28(30)39)27(38)29(17,40)26(37)19(13)24(20)35/h5-7,10,13,17,22,31,34-35,38,40H,8-9,11-12H2,1-4H3,(H2,30,39)/t13-,17-,22-,29-/m0/s1. The largest absolute Gasteiger partial charge is 0.508 e. The Morgan fingerprint density at radius 3 is 2.46 bits per heavy atom. The molecule has 1 heterocycles. The second-order valence-corrected chi connectivity index (χ2v) is 11.3. The number of fused-ring (bicyclic) bond motifs is 3. The summed E-state index contributed by atoms with van der Waals surface area (Å²) >= 11 is 0. The molecule has 0 radical (unpaired) electrons. The van der Waals surface area contributed by atoms with E-state index in [1.807, 2.05) is 25.1 Å². The highest BCUT2D eigenvalue weighted by molar-refractivity contribution is 6.24. The van der Waals surface area contributed by atoms with E-state index in [1.54, 1.807) is 32.5 Å². The molecule has 1 amide bonds. The highest BCUT2D eigenvalue weighted by atomic mass is 16.3. The molecular formula is C29H34N4O8. The van der Waals surface area contributed by atoms with Crippen molar-refractivity contribution in [2.24, 2.45) is 17.6 Å². The lowest BCUT2D eigenvalue weighted by Crippen LogP contribution is -2.65. The Morgan fingerprint density at radius 1 is 1.17 bits per heavy atom. The van der Waals surface area contributed by atoms with Crippen LogP contribution in [0.1, 0.15) is 28.9 Å². The van der Waals surface area contributed by atoms with Crippen LogP contribution in [0.3, 0.4) is 0 Å². The number of nitrogens with one attached hydrogen (secondary N) is 1. The number of hydrogen-bond acceptors (Lipinski definition) is 11. The number of aliphatic hydroxyl groups is 3. The van der Waals surface area contributed by atoms with Gasteiger partial charge in [0.05, 0.1) is 24.4 Å². The van der Waals surface area contributed by atoms with Crippen molar-refractivity contribution in [3.8, 4) is 5.75 Å². The molecule has 218 valence electrons. The fourth-order valence-electron chi connectivity index (χ4n) is 6.61. The highest BCUT2D eigenvalue weighted by Gasteiger charge is 2.64. The van der Waals surface area contributed by atoms with Crippen LogP contribution >= 0.6 is 0 Å². The lowest BCUT2D eigenvalue weighted by molar-refractivity contribution is -0.153. The van der Waals surface area contributed by atoms with E-state index in [4.69, 9.17) is 10.2 Å². The SMILES string of the molecule is CN(C)c1cc(CNCc2ccco2)c(O)c2c1C[C@H]1C[C@H]3[C@H](N(C)C)C(=O)C(C(N)=O)=C(O)[C@@]3(O)C(=O)C1=C2O. The molecule has 0 bridgehead atoms. The number of amides is 1. The number of anilines is 1. The van der Waals surface area contributed by atoms with Gasteiger partial charge in [0.15, 0.2) is 11.4 Å². The van der Waals surface area contributed by atoms with Gasteiger partial charge in [-0.25, -0.2) is 0 Å². The minimum Gasteiger partial charge on any atom is -0.508 e. The van der Waals surface area contributed by atoms with E-state index >= 15 is 0 Å². The molecule has 7 N–H and O–H groups in total. The lowest BCUT2D eigenvalue weighted by Gasteiger charge is -2.50. The molecule has 0 spiro atoms. The third-order valence-corrected chi connectivity index (χ3v) is 8.45. The summed E-state index contributed by atoms with van der Waals surface area (Å²) in [6.07, 6.45) is 1.81. The first kappa shape index (κ1) is 28.4. The Hall–Kier alpha value is -4.13. The first-order valence-corrected chi connectivity index (χ1v) is 13.2. The van der Waals surface area contributed by atoms with E-state index in [0.717, 1.165) is 0 Å². The van der Waals surface area contributed by atoms with Gasteiger partial charge in [0.2, 0.25) is 5.78 Å². The summed E-state index contributed by atoms with van der Waals surface area (Å²) in [6, 6.07) is 4.25. The monoisotopic (exact) mass is 566 g/mol. The summed E-state index contributed by atoms with van der Waals surface area (Å²) in [5.74, 6) is -6.01. The van der Waals surface area contributed by atoms with Crippen molar-refractivity contribution >= 4 is 28.9 Å². The number of ketones is 2. The van der Waals surface area contributed by atoms with E-state index in [0.29, 0.717) is 29.1 Å². The second-order valence-electron chi connectivity index (χ2n) is 11.3. The minimum absolute atomic E-state index is 0.0336. The smallest absolute Gasteiger partial charge is 0.255 e. The molecule has 12 heteroatoms. The summed E-state index contributed by atoms with van der Waals surface area (Å²) in [5, 5.41) is 48.9. The molecule has 0 saturated heterocycles. The van der Waals surface area contributed by atoms with Gasteiger partial charge >= 0.3 is 0 Å². The number of phenols is 1. The number of likely N-dealkylation sites (N-methyl/N-ethyl adjacent to an activating group) is 1. The molecule has 41 heavy (non-hydrogen) atoms. The summed E-state index contributed by atoms with van der Waals surface area (Å²) in [6.45, 7) is 0.604. The van der Waals surface area contributed by atoms with Crippen LogP contribution < -0.4 is 16.0 Å². The van der Waals surface area contributed by atoms with Gasteiger partial charge in [-0.05, 0) is 56.6 Å². The van der Waals surface area contributed by atoms with Gasteiger partial charge in [-0.1, -0.05) is 0 Å². The minimum atomic E-state index is -2.67. The van der Waals surface area contributed by atoms with Crippen molar-refractivity contribution in [1.82, 2.24) is 10.2 Å². The van der Waals surface area contributed by atoms with E-state index in [2.05, 4.69) is 5.32 Å². The van der Waals surface area contributed by atoms with Crippen LogP contribution in [0.15, 0.2) is 45.8 Å². The maximum Gasteiger partial charge on any atom is 0.255 e. The Balaban J connectivity index is 1.64. The number of rotatable bonds is 7. The number of primary amides is 1. The molecule has 1 aromatic heterocycles. The second kappa shape index (κ2) is 10.1. The molecule has 5 rings (SSSR count). The average Bonchev–Trinajstić information content (AvgIpc) is 3.40. The van der Waals surface area contributed by atoms with Crippen molar-refractivity contribution < 1.29 is 39.2 Å². The molecule has 12 nitrogen and oxygen atoms in total. The van der Waals surface area contributed by atoms with Gasteiger partial charge in [-0.2, -0.15) is 0 Å². The fourth-order valence-corrected chi connectivity index (χ4v) is 6.61. The van der Waals surface area contributed by atoms with E-state index in [1.165, 1.54) is 4.90 Å². The molecule has 2 aromatic rings. The number of hydrogen-bond donors (Lipinski definition) is 6. The Kier molecular flexibility index (Phi) is 6.96. The van der Waals surface area contributed by atoms with Crippen LogP contribution in [-0.4, -0.2) is 82.6 Å². The Morgan fingerprint density at radius 2 is 1.88 bits per heavy atom. The third kappa shape index (κ3) is 4.21. The normalized spacial score (nSPS) is 25.8. The number of aromatic hydroxyl groups is 1. The predicted octanol–water partition coefficient (Wildman–Crippen LogP) is 0.913. The first-order chi connectivity index (χ1) is 19.3. The number of aliphatic hydroxyl groups excluding tert-OH is 2. The molecule has 0 aliphatic heterocycles. The molecular weight excluding hydrogens is 532 g/mol. The number of nitrogens with two attached hydrogens (primary N) is 1. The van der Waals surface area contributed by atoms with Crippen molar-refractivity contribution in [3.05, 3.63) is 63.8 Å². The summed E-state index contributed by atoms with van der Waals surface area (Å²) in [7, 11) is 6.78. The van der Waals surface area contributed by atoms with Gasteiger partial charge in [-0.3, -0.25) is 19.3 Å². The molecule has 1 fully saturated rings. The zero-order valence-electron chi connectivity index (χ0n) is 23.3. The number of furan rings is 1. The predicted molar refractivity (Wildman–Crippen MR) is 148 cm³/mol. The van der Waals surface area contributed by atoms with E-state index in [-0.39, 0.29) is 36.3 Å². The van der Waals surface area contributed by atoms with Gasteiger partial charge in [0.25, 0.3) is 5.91 Å². The van der Waals surface area contributed by atoms with Crippen molar-refractivity contribution in [3.63, 3.8) is 0 Å². The third-order valence-electron chi connectivity index (χ3n) is 8.45. The summed E-state index contributed by atoms with van der Waals surface area (Å²) < 4.78 is 5.34. The topological polar surface area (TPSA) is 190 Å². The maximum absolute atomic E-state index is 14.0. The average molecular weight is 567 g/mol. The van der Waals surface area contributed by atoms with Crippen molar-refractivity contribution in [2.45, 2.75) is 37.6 Å². The maximum atomic E-state index is 14.0. The van der Waals surface area contributed by atoms with Crippen LogP contribution in [-0.2, 0) is 33.9 Å². The number of nitrogens with zero attached hydrogens (tertiary/aromatic N) is 2. The highest BCUT2D eigenvalue weighted by Crippen LogP contribution is 2.54. The first-order valence-electron chi connectivity index (χ1n) is 13.2. The Bertz CT molecular complexity index is 1510. The van der Waals surface area contributed by atoms with Crippen LogP contribution in [0.5, 0.6) is 5.75 Å². The van der Waals surface area contributed by atoms with Crippen LogP contribution in [0.4, 0.5) is 5.69 Å². The molecule has 0 unspecified atom stereocenters. The van der Waals surface area contributed by atoms with Crippen LogP contribution in [0.25, 0.3) is 5.76 Å². The van der Waals surface area contributed by atoms with Gasteiger partial charge in [-0.15, -0.1) is 0 Å². The van der Waals surface area contributed by atoms with Gasteiger partial charge in [0, 0.05) is 43.4 Å². The molecule has 4 atom stereocenters. The number of carbonyl (C=O) groups is 3. The summed E-state index contributed by atoms with van der Waals surface area (Å²) in [4.78, 5) is 42.8. The summed E-state index contributed by atoms with van der Waals surface area (Å²) in [5.41, 5.74) is 3.52. The fraction of sp³-hybridized carbons (Fsp3) is 0.414. The van der Waals surface area contributed by atoms with Gasteiger partial charge in [0.1, 0.15) is 28.6 Å². The van der Waals surface area contributed by atoms with E-state index in [9.17, 15) is 34.8 Å². The van der Waals surface area contributed by atoms with Crippen LogP contribution in [0.2, 0.25) is 0 Å². The molecule has 3 aliphatic rings. The van der Waals surface area contributed by atoms with Crippen molar-refractivity contribution in [2.75, 3.05) is 33.1 Å². The lowest BCUT2D eigenvalue weighted by atomic mass is 9.57. The zero-order chi connectivity index (χ0) is 30.0. The zero-order valence-corrected chi connectivity index (χ0v) is 23.3. The number of carbonyl (C=O) groups excluding carboxylic acids is 3. The molecule has 3 aliphatic carbocycles. The number of phenolic OH excluding ortho intramolecular Hbond substituents is 1. The number of Topliss-reactive ketones (excluding diaryl/α,β-unsaturated/α-hetero) is 2. The number of benzene rings is 1. The van der Waals surface area contributed by atoms with E-state index < -0.39 is 58.0 Å². The van der Waals surface area contributed by atoms with Gasteiger partial charge < -0.3 is 40.8 Å². The molecule has 1 aromatic carbocycles. The van der Waals surface area contributed by atoms with Crippen LogP contribution in [0, 0.1) is 11.8 Å².